The summed E-state index contributed by atoms with van der Waals surface area (Å²) in [4.78, 5) is 41.0. The Bertz CT molecular complexity index is 1100. The van der Waals surface area contributed by atoms with Crippen LogP contribution in [0.3, 0.4) is 0 Å². The Morgan fingerprint density at radius 1 is 1.18 bits per heavy atom. The molecule has 0 aliphatic rings. The number of thioether (sulfide) groups is 1. The molecule has 1 aromatic heterocycles. The van der Waals surface area contributed by atoms with Gasteiger partial charge in [-0.15, -0.1) is 0 Å². The highest BCUT2D eigenvalue weighted by Crippen LogP contribution is 2.19. The number of hydrogen-bond donors (Lipinski definition) is 2. The van der Waals surface area contributed by atoms with Gasteiger partial charge in [-0.25, -0.2) is 14.5 Å². The molecule has 0 saturated heterocycles. The maximum atomic E-state index is 12.3. The lowest BCUT2D eigenvalue weighted by atomic mass is 10.2. The third-order valence-corrected chi connectivity index (χ3v) is 4.76. The lowest BCUT2D eigenvalue weighted by molar-refractivity contribution is -0.113. The van der Waals surface area contributed by atoms with Crippen molar-refractivity contribution in [3.05, 3.63) is 64.4 Å². The molecule has 0 unspecified atom stereocenters. The molecule has 144 valence electrons. The average molecular weight is 398 g/mol. The van der Waals surface area contributed by atoms with Gasteiger partial charge in [0.15, 0.2) is 5.16 Å². The molecule has 3 rings (SSSR count). The monoisotopic (exact) mass is 398 g/mol. The van der Waals surface area contributed by atoms with E-state index < -0.39 is 5.97 Å². The lowest BCUT2D eigenvalue weighted by Gasteiger charge is -2.11. The Hall–Kier alpha value is -3.33. The molecule has 0 bridgehead atoms. The van der Waals surface area contributed by atoms with Crippen LogP contribution in [-0.2, 0) is 9.53 Å². The van der Waals surface area contributed by atoms with Gasteiger partial charge in [0.05, 0.1) is 34.5 Å². The number of fused-ring (bicyclic) bond motifs is 1. The molecule has 8 nitrogen and oxygen atoms in total. The van der Waals surface area contributed by atoms with Crippen LogP contribution in [0, 0.1) is 0 Å². The number of anilines is 1. The lowest BCUT2D eigenvalue weighted by Crippen LogP contribution is -2.30. The van der Waals surface area contributed by atoms with Crippen LogP contribution < -0.4 is 16.7 Å². The smallest absolute Gasteiger partial charge is 0.340 e. The molecule has 1 heterocycles. The van der Waals surface area contributed by atoms with Crippen molar-refractivity contribution in [2.24, 2.45) is 0 Å². The topological polar surface area (TPSA) is 116 Å². The van der Waals surface area contributed by atoms with Crippen LogP contribution in [0.2, 0.25) is 0 Å². The summed E-state index contributed by atoms with van der Waals surface area (Å²) < 4.78 is 5.91. The van der Waals surface area contributed by atoms with Crippen LogP contribution in [0.5, 0.6) is 0 Å². The van der Waals surface area contributed by atoms with E-state index in [-0.39, 0.29) is 34.5 Å². The summed E-state index contributed by atoms with van der Waals surface area (Å²) in [5.74, 6) is 4.88. The Morgan fingerprint density at radius 3 is 2.68 bits per heavy atom. The van der Waals surface area contributed by atoms with Crippen molar-refractivity contribution in [2.45, 2.75) is 12.1 Å². The minimum absolute atomic E-state index is 0.0425. The van der Waals surface area contributed by atoms with Gasteiger partial charge in [-0.05, 0) is 31.2 Å². The molecule has 3 aromatic rings. The molecule has 0 atom stereocenters. The minimum Gasteiger partial charge on any atom is -0.462 e. The zero-order chi connectivity index (χ0) is 20.1. The van der Waals surface area contributed by atoms with E-state index >= 15 is 0 Å². The molecular formula is C19H18N4O4S. The van der Waals surface area contributed by atoms with E-state index in [4.69, 9.17) is 10.6 Å². The van der Waals surface area contributed by atoms with Crippen molar-refractivity contribution >= 4 is 40.2 Å². The molecule has 1 amide bonds. The average Bonchev–Trinajstić information content (AvgIpc) is 2.70. The summed E-state index contributed by atoms with van der Waals surface area (Å²) in [7, 11) is 0. The molecule has 0 spiro atoms. The second-order valence-corrected chi connectivity index (χ2v) is 6.63. The number of nitrogen functional groups attached to an aromatic ring is 1. The Balaban J connectivity index is 1.74. The molecule has 3 N–H and O–H groups in total. The normalized spacial score (nSPS) is 10.6. The van der Waals surface area contributed by atoms with Gasteiger partial charge in [0.1, 0.15) is 0 Å². The summed E-state index contributed by atoms with van der Waals surface area (Å²) in [6.45, 7) is 1.94. The molecule has 2 aromatic carbocycles. The van der Waals surface area contributed by atoms with Crippen molar-refractivity contribution < 1.29 is 14.3 Å². The van der Waals surface area contributed by atoms with Crippen molar-refractivity contribution in [3.63, 3.8) is 0 Å². The fourth-order valence-electron chi connectivity index (χ4n) is 2.52. The van der Waals surface area contributed by atoms with Crippen LogP contribution in [0.15, 0.2) is 58.5 Å². The number of amides is 1. The summed E-state index contributed by atoms with van der Waals surface area (Å²) in [6.07, 6.45) is 0. The van der Waals surface area contributed by atoms with E-state index in [2.05, 4.69) is 10.3 Å². The predicted molar refractivity (Wildman–Crippen MR) is 108 cm³/mol. The van der Waals surface area contributed by atoms with Gasteiger partial charge in [-0.2, -0.15) is 0 Å². The number of rotatable bonds is 6. The van der Waals surface area contributed by atoms with Crippen LogP contribution in [0.4, 0.5) is 5.69 Å². The molecule has 9 heteroatoms. The maximum Gasteiger partial charge on any atom is 0.340 e. The number of carbonyl (C=O) groups is 2. The summed E-state index contributed by atoms with van der Waals surface area (Å²) in [6, 6.07) is 13.4. The first-order valence-electron chi connectivity index (χ1n) is 8.47. The first-order chi connectivity index (χ1) is 13.5. The number of benzene rings is 2. The summed E-state index contributed by atoms with van der Waals surface area (Å²) in [5, 5.41) is 3.30. The molecule has 0 aliphatic heterocycles. The van der Waals surface area contributed by atoms with Gasteiger partial charge < -0.3 is 15.9 Å². The summed E-state index contributed by atoms with van der Waals surface area (Å²) in [5.41, 5.74) is 0.733. The van der Waals surface area contributed by atoms with Crippen molar-refractivity contribution in [3.8, 4) is 0 Å². The largest absolute Gasteiger partial charge is 0.462 e. The first kappa shape index (κ1) is 19.4. The quantitative estimate of drug-likeness (QED) is 0.282. The van der Waals surface area contributed by atoms with E-state index in [1.165, 1.54) is 0 Å². The number of hydrogen-bond acceptors (Lipinski definition) is 7. The molecule has 0 radical (unpaired) electrons. The fraction of sp³-hybridized carbons (Fsp3) is 0.158. The van der Waals surface area contributed by atoms with Gasteiger partial charge in [0, 0.05) is 0 Å². The van der Waals surface area contributed by atoms with E-state index in [1.807, 2.05) is 0 Å². The van der Waals surface area contributed by atoms with Crippen LogP contribution >= 0.6 is 11.8 Å². The Kier molecular flexibility index (Phi) is 5.95. The van der Waals surface area contributed by atoms with E-state index in [9.17, 15) is 14.4 Å². The molecule has 28 heavy (non-hydrogen) atoms. The number of nitrogens with two attached hydrogens (primary N) is 1. The molecular weight excluding hydrogens is 380 g/mol. The van der Waals surface area contributed by atoms with Crippen molar-refractivity contribution in [1.29, 1.82) is 0 Å². The fourth-order valence-corrected chi connectivity index (χ4v) is 3.24. The van der Waals surface area contributed by atoms with Crippen LogP contribution in [0.1, 0.15) is 17.3 Å². The number of ether oxygens (including phenoxy) is 1. The second kappa shape index (κ2) is 8.57. The van der Waals surface area contributed by atoms with Crippen molar-refractivity contribution in [1.82, 2.24) is 9.66 Å². The van der Waals surface area contributed by atoms with Crippen LogP contribution in [0.25, 0.3) is 10.9 Å². The van der Waals surface area contributed by atoms with E-state index in [0.717, 1.165) is 16.4 Å². The summed E-state index contributed by atoms with van der Waals surface area (Å²) >= 11 is 1.03. The third-order valence-electron chi connectivity index (χ3n) is 3.80. The first-order valence-corrected chi connectivity index (χ1v) is 9.45. The van der Waals surface area contributed by atoms with Gasteiger partial charge in [-0.3, -0.25) is 9.59 Å². The minimum atomic E-state index is -0.516. The van der Waals surface area contributed by atoms with E-state index in [0.29, 0.717) is 16.6 Å². The SMILES string of the molecule is CCOC(=O)c1ccccc1NC(=O)CSc1nc2ccccc2c(=O)n1N. The number of aromatic nitrogens is 2. The maximum absolute atomic E-state index is 12.3. The standard InChI is InChI=1S/C19H18N4O4S/c1-2-27-18(26)13-8-4-6-10-15(13)21-16(24)11-28-19-22-14-9-5-3-7-12(14)17(25)23(19)20/h3-10H,2,11,20H2,1H3,(H,21,24). The van der Waals surface area contributed by atoms with Gasteiger partial charge in [0.25, 0.3) is 5.56 Å². The van der Waals surface area contributed by atoms with Crippen LogP contribution in [-0.4, -0.2) is 33.9 Å². The highest BCUT2D eigenvalue weighted by atomic mass is 32.2. The zero-order valence-corrected chi connectivity index (χ0v) is 15.9. The van der Waals surface area contributed by atoms with Gasteiger partial charge in [-0.1, -0.05) is 36.0 Å². The third kappa shape index (κ3) is 4.15. The number of nitrogens with zero attached hydrogens (tertiary/aromatic N) is 2. The van der Waals surface area contributed by atoms with Gasteiger partial charge in [0.2, 0.25) is 5.91 Å². The van der Waals surface area contributed by atoms with Crippen molar-refractivity contribution in [2.75, 3.05) is 23.5 Å². The zero-order valence-electron chi connectivity index (χ0n) is 15.0. The highest BCUT2D eigenvalue weighted by molar-refractivity contribution is 7.99. The second-order valence-electron chi connectivity index (χ2n) is 5.69. The highest BCUT2D eigenvalue weighted by Gasteiger charge is 2.15. The Labute approximate surface area is 164 Å². The molecule has 0 fully saturated rings. The Morgan fingerprint density at radius 2 is 1.89 bits per heavy atom. The molecule has 0 saturated carbocycles. The number of esters is 1. The van der Waals surface area contributed by atoms with E-state index in [1.54, 1.807) is 55.5 Å². The number of para-hydroxylation sites is 2. The predicted octanol–water partition coefficient (Wildman–Crippen LogP) is 2.02. The molecule has 0 aliphatic carbocycles. The number of nitrogens with one attached hydrogen (secondary N) is 1. The number of carbonyl (C=O) groups excluding carboxylic acids is 2. The van der Waals surface area contributed by atoms with Gasteiger partial charge >= 0.3 is 5.97 Å².